The predicted molar refractivity (Wildman–Crippen MR) is 55.8 cm³/mol. The van der Waals surface area contributed by atoms with Gasteiger partial charge < -0.3 is 10.6 Å². The van der Waals surface area contributed by atoms with Crippen molar-refractivity contribution in [2.24, 2.45) is 11.7 Å². The summed E-state index contributed by atoms with van der Waals surface area (Å²) in [4.78, 5) is 2.08. The van der Waals surface area contributed by atoms with E-state index in [1.54, 1.807) is 6.07 Å². The third kappa shape index (κ3) is 1.73. The molecule has 2 N–H and O–H groups in total. The van der Waals surface area contributed by atoms with Gasteiger partial charge in [-0.25, -0.2) is 4.39 Å². The van der Waals surface area contributed by atoms with Crippen LogP contribution in [0.2, 0.25) is 0 Å². The Hall–Kier alpha value is -1.09. The third-order valence-corrected chi connectivity index (χ3v) is 2.81. The van der Waals surface area contributed by atoms with Crippen LogP contribution >= 0.6 is 0 Å². The molecule has 14 heavy (non-hydrogen) atoms. The molecule has 1 unspecified atom stereocenters. The molecule has 1 aromatic rings. The van der Waals surface area contributed by atoms with Crippen LogP contribution in [-0.2, 0) is 0 Å². The summed E-state index contributed by atoms with van der Waals surface area (Å²) in [6.45, 7) is 2.51. The SMILES string of the molecule is NCC1CCN(c2ccccc2F)C1. The van der Waals surface area contributed by atoms with Crippen molar-refractivity contribution in [3.8, 4) is 0 Å². The number of benzene rings is 1. The fourth-order valence-electron chi connectivity index (χ4n) is 1.95. The molecule has 2 nitrogen and oxygen atoms in total. The molecule has 0 saturated carbocycles. The van der Waals surface area contributed by atoms with Crippen molar-refractivity contribution >= 4 is 5.69 Å². The molecule has 3 heteroatoms. The smallest absolute Gasteiger partial charge is 0.146 e. The molecular formula is C11H15FN2. The molecule has 1 aromatic carbocycles. The number of para-hydroxylation sites is 1. The van der Waals surface area contributed by atoms with Crippen LogP contribution in [0.15, 0.2) is 24.3 Å². The minimum absolute atomic E-state index is 0.134. The van der Waals surface area contributed by atoms with E-state index < -0.39 is 0 Å². The van der Waals surface area contributed by atoms with Gasteiger partial charge in [0.1, 0.15) is 5.82 Å². The Morgan fingerprint density at radius 2 is 2.21 bits per heavy atom. The van der Waals surface area contributed by atoms with Crippen molar-refractivity contribution in [2.45, 2.75) is 6.42 Å². The van der Waals surface area contributed by atoms with Gasteiger partial charge >= 0.3 is 0 Å². The van der Waals surface area contributed by atoms with Crippen LogP contribution in [-0.4, -0.2) is 19.6 Å². The topological polar surface area (TPSA) is 29.3 Å². The Labute approximate surface area is 83.5 Å². The molecule has 0 aromatic heterocycles. The first kappa shape index (κ1) is 9.46. The Balaban J connectivity index is 2.13. The van der Waals surface area contributed by atoms with Gasteiger partial charge in [-0.1, -0.05) is 12.1 Å². The molecule has 2 rings (SSSR count). The lowest BCUT2D eigenvalue weighted by atomic mass is 10.1. The molecule has 0 aliphatic carbocycles. The van der Waals surface area contributed by atoms with E-state index in [4.69, 9.17) is 5.73 Å². The summed E-state index contributed by atoms with van der Waals surface area (Å²) in [5.41, 5.74) is 6.30. The lowest BCUT2D eigenvalue weighted by Gasteiger charge is -2.18. The summed E-state index contributed by atoms with van der Waals surface area (Å²) in [6, 6.07) is 6.92. The van der Waals surface area contributed by atoms with Gasteiger partial charge in [-0.2, -0.15) is 0 Å². The van der Waals surface area contributed by atoms with E-state index in [-0.39, 0.29) is 5.82 Å². The highest BCUT2D eigenvalue weighted by atomic mass is 19.1. The fourth-order valence-corrected chi connectivity index (χ4v) is 1.95. The van der Waals surface area contributed by atoms with Gasteiger partial charge in [0.25, 0.3) is 0 Å². The Kier molecular flexibility index (Phi) is 2.68. The largest absolute Gasteiger partial charge is 0.369 e. The molecule has 0 spiro atoms. The number of rotatable bonds is 2. The minimum atomic E-state index is -0.134. The summed E-state index contributed by atoms with van der Waals surface area (Å²) >= 11 is 0. The van der Waals surface area contributed by atoms with Crippen LogP contribution in [0.5, 0.6) is 0 Å². The van der Waals surface area contributed by atoms with Crippen molar-refractivity contribution in [1.29, 1.82) is 0 Å². The van der Waals surface area contributed by atoms with Gasteiger partial charge in [-0.3, -0.25) is 0 Å². The van der Waals surface area contributed by atoms with Crippen LogP contribution < -0.4 is 10.6 Å². The number of hydrogen-bond acceptors (Lipinski definition) is 2. The van der Waals surface area contributed by atoms with E-state index in [2.05, 4.69) is 4.90 Å². The van der Waals surface area contributed by atoms with Crippen LogP contribution in [0.25, 0.3) is 0 Å². The van der Waals surface area contributed by atoms with Crippen LogP contribution in [0, 0.1) is 11.7 Å². The minimum Gasteiger partial charge on any atom is -0.369 e. The maximum atomic E-state index is 13.4. The zero-order valence-electron chi connectivity index (χ0n) is 8.12. The summed E-state index contributed by atoms with van der Waals surface area (Å²) in [7, 11) is 0. The van der Waals surface area contributed by atoms with E-state index in [1.165, 1.54) is 6.07 Å². The number of nitrogens with zero attached hydrogens (tertiary/aromatic N) is 1. The second-order valence-corrected chi connectivity index (χ2v) is 3.79. The fraction of sp³-hybridized carbons (Fsp3) is 0.455. The van der Waals surface area contributed by atoms with Gasteiger partial charge in [-0.05, 0) is 31.0 Å². The quantitative estimate of drug-likeness (QED) is 0.775. The van der Waals surface area contributed by atoms with E-state index in [0.29, 0.717) is 18.2 Å². The van der Waals surface area contributed by atoms with E-state index in [9.17, 15) is 4.39 Å². The first-order valence-corrected chi connectivity index (χ1v) is 5.01. The maximum Gasteiger partial charge on any atom is 0.146 e. The Morgan fingerprint density at radius 3 is 2.86 bits per heavy atom. The maximum absolute atomic E-state index is 13.4. The summed E-state index contributed by atoms with van der Waals surface area (Å²) in [6.07, 6.45) is 1.07. The van der Waals surface area contributed by atoms with Crippen LogP contribution in [0.3, 0.4) is 0 Å². The van der Waals surface area contributed by atoms with E-state index in [0.717, 1.165) is 19.5 Å². The van der Waals surface area contributed by atoms with Gasteiger partial charge in [0.15, 0.2) is 0 Å². The molecule has 1 heterocycles. The second kappa shape index (κ2) is 3.96. The zero-order chi connectivity index (χ0) is 9.97. The van der Waals surface area contributed by atoms with Gasteiger partial charge in [0.05, 0.1) is 5.69 Å². The Morgan fingerprint density at radius 1 is 1.43 bits per heavy atom. The predicted octanol–water partition coefficient (Wildman–Crippen LogP) is 1.61. The first-order chi connectivity index (χ1) is 6.81. The summed E-state index contributed by atoms with van der Waals surface area (Å²) < 4.78 is 13.4. The van der Waals surface area contributed by atoms with E-state index >= 15 is 0 Å². The van der Waals surface area contributed by atoms with Crippen molar-refractivity contribution in [1.82, 2.24) is 0 Å². The molecule has 0 amide bonds. The van der Waals surface area contributed by atoms with Crippen molar-refractivity contribution in [2.75, 3.05) is 24.5 Å². The van der Waals surface area contributed by atoms with Crippen molar-refractivity contribution in [3.63, 3.8) is 0 Å². The average Bonchev–Trinajstić information content (AvgIpc) is 2.67. The lowest BCUT2D eigenvalue weighted by Crippen LogP contribution is -2.23. The normalized spacial score (nSPS) is 21.6. The Bertz CT molecular complexity index is 314. The first-order valence-electron chi connectivity index (χ1n) is 5.01. The van der Waals surface area contributed by atoms with Gasteiger partial charge in [0.2, 0.25) is 0 Å². The molecule has 1 aliphatic heterocycles. The monoisotopic (exact) mass is 194 g/mol. The standard InChI is InChI=1S/C11H15FN2/c12-10-3-1-2-4-11(10)14-6-5-9(7-13)8-14/h1-4,9H,5-8,13H2. The molecule has 0 bridgehead atoms. The van der Waals surface area contributed by atoms with Gasteiger partial charge in [-0.15, -0.1) is 0 Å². The molecule has 76 valence electrons. The van der Waals surface area contributed by atoms with E-state index in [1.807, 2.05) is 12.1 Å². The molecule has 1 aliphatic rings. The molecule has 1 atom stereocenters. The molecule has 1 fully saturated rings. The highest BCUT2D eigenvalue weighted by Gasteiger charge is 2.22. The third-order valence-electron chi connectivity index (χ3n) is 2.81. The number of anilines is 1. The summed E-state index contributed by atoms with van der Waals surface area (Å²) in [5, 5.41) is 0. The molecular weight excluding hydrogens is 179 g/mol. The van der Waals surface area contributed by atoms with Crippen molar-refractivity contribution < 1.29 is 4.39 Å². The zero-order valence-corrected chi connectivity index (χ0v) is 8.12. The molecule has 0 radical (unpaired) electrons. The number of halogens is 1. The number of nitrogens with two attached hydrogens (primary N) is 1. The number of hydrogen-bond donors (Lipinski definition) is 1. The van der Waals surface area contributed by atoms with Crippen molar-refractivity contribution in [3.05, 3.63) is 30.1 Å². The van der Waals surface area contributed by atoms with Crippen LogP contribution in [0.4, 0.5) is 10.1 Å². The highest BCUT2D eigenvalue weighted by Crippen LogP contribution is 2.25. The van der Waals surface area contributed by atoms with Gasteiger partial charge in [0, 0.05) is 13.1 Å². The molecule has 1 saturated heterocycles. The van der Waals surface area contributed by atoms with Crippen LogP contribution in [0.1, 0.15) is 6.42 Å². The summed E-state index contributed by atoms with van der Waals surface area (Å²) in [5.74, 6) is 0.389. The highest BCUT2D eigenvalue weighted by molar-refractivity contribution is 5.48. The second-order valence-electron chi connectivity index (χ2n) is 3.79. The lowest BCUT2D eigenvalue weighted by molar-refractivity contribution is 0.597. The average molecular weight is 194 g/mol.